The van der Waals surface area contributed by atoms with Crippen LogP contribution in [0.5, 0.6) is 5.75 Å². The summed E-state index contributed by atoms with van der Waals surface area (Å²) in [6.07, 6.45) is 3.08. The summed E-state index contributed by atoms with van der Waals surface area (Å²) in [6, 6.07) is 15.7. The van der Waals surface area contributed by atoms with Crippen LogP contribution in [0.15, 0.2) is 42.5 Å². The molecule has 26 heavy (non-hydrogen) atoms. The molecule has 0 aliphatic carbocycles. The fourth-order valence-electron chi connectivity index (χ4n) is 2.59. The molecule has 0 amide bonds. The molecular weight excluding hydrogens is 346 g/mol. The van der Waals surface area contributed by atoms with E-state index in [1.807, 2.05) is 36.4 Å². The topological polar surface area (TPSA) is 59.3 Å². The minimum absolute atomic E-state index is 0.165. The van der Waals surface area contributed by atoms with Gasteiger partial charge in [-0.25, -0.2) is 0 Å². The van der Waals surface area contributed by atoms with E-state index in [2.05, 4.69) is 29.5 Å². The fraction of sp³-hybridized carbons (Fsp3) is 0.333. The van der Waals surface area contributed by atoms with Crippen LogP contribution >= 0.6 is 12.6 Å². The number of unbranched alkanes of at least 4 members (excludes halogenated alkanes) is 2. The molecule has 0 unspecified atom stereocenters. The molecule has 4 nitrogen and oxygen atoms in total. The third-order valence-electron chi connectivity index (χ3n) is 4.09. The van der Waals surface area contributed by atoms with Crippen LogP contribution in [-0.4, -0.2) is 19.7 Å². The van der Waals surface area contributed by atoms with Gasteiger partial charge >= 0.3 is 5.97 Å². The molecule has 0 heterocycles. The minimum atomic E-state index is -0.165. The van der Waals surface area contributed by atoms with Crippen molar-refractivity contribution in [3.8, 4) is 22.9 Å². The van der Waals surface area contributed by atoms with Crippen molar-refractivity contribution in [1.82, 2.24) is 0 Å². The Morgan fingerprint density at radius 3 is 2.46 bits per heavy atom. The SMILES string of the molecule is COC(=O)CCCCCOc1ccc(-c2ccc(C#N)cc2)cc1CS. The van der Waals surface area contributed by atoms with Crippen molar-refractivity contribution in [2.24, 2.45) is 0 Å². The lowest BCUT2D eigenvalue weighted by atomic mass is 10.0. The van der Waals surface area contributed by atoms with Crippen molar-refractivity contribution in [3.05, 3.63) is 53.6 Å². The second-order valence-corrected chi connectivity index (χ2v) is 6.22. The van der Waals surface area contributed by atoms with E-state index < -0.39 is 0 Å². The first-order valence-electron chi connectivity index (χ1n) is 8.62. The number of thiol groups is 1. The third-order valence-corrected chi connectivity index (χ3v) is 4.43. The van der Waals surface area contributed by atoms with Gasteiger partial charge in [-0.3, -0.25) is 4.79 Å². The second-order valence-electron chi connectivity index (χ2n) is 5.91. The summed E-state index contributed by atoms with van der Waals surface area (Å²) in [4.78, 5) is 11.1. The Balaban J connectivity index is 1.91. The molecule has 0 saturated carbocycles. The van der Waals surface area contributed by atoms with Gasteiger partial charge in [0.2, 0.25) is 0 Å². The highest BCUT2D eigenvalue weighted by Crippen LogP contribution is 2.28. The summed E-state index contributed by atoms with van der Waals surface area (Å²) in [6.45, 7) is 0.609. The quantitative estimate of drug-likeness (QED) is 0.393. The van der Waals surface area contributed by atoms with Gasteiger partial charge in [0.15, 0.2) is 0 Å². The van der Waals surface area contributed by atoms with Crippen LogP contribution in [-0.2, 0) is 15.3 Å². The zero-order chi connectivity index (χ0) is 18.8. The standard InChI is InChI=1S/C21H23NO3S/c1-24-21(23)5-3-2-4-12-25-20-11-10-18(13-19(20)15-26)17-8-6-16(14-22)7-9-17/h6-11,13,26H,2-5,12,15H2,1H3. The number of esters is 1. The van der Waals surface area contributed by atoms with Gasteiger partial charge in [-0.05, 0) is 54.7 Å². The van der Waals surface area contributed by atoms with Crippen LogP contribution in [0.4, 0.5) is 0 Å². The number of carbonyl (C=O) groups excluding carboxylic acids is 1. The fourth-order valence-corrected chi connectivity index (χ4v) is 2.84. The number of nitriles is 1. The van der Waals surface area contributed by atoms with E-state index in [0.717, 1.165) is 41.7 Å². The molecule has 2 rings (SSSR count). The van der Waals surface area contributed by atoms with E-state index in [9.17, 15) is 4.79 Å². The minimum Gasteiger partial charge on any atom is -0.493 e. The first kappa shape index (κ1) is 19.9. The summed E-state index contributed by atoms with van der Waals surface area (Å²) in [5.41, 5.74) is 3.81. The first-order chi connectivity index (χ1) is 12.7. The van der Waals surface area contributed by atoms with Gasteiger partial charge in [0.1, 0.15) is 5.75 Å². The average Bonchev–Trinajstić information content (AvgIpc) is 2.70. The molecule has 2 aromatic carbocycles. The Labute approximate surface area is 160 Å². The van der Waals surface area contributed by atoms with Gasteiger partial charge in [-0.1, -0.05) is 18.2 Å². The Morgan fingerprint density at radius 1 is 1.08 bits per heavy atom. The molecule has 5 heteroatoms. The van der Waals surface area contributed by atoms with E-state index in [4.69, 9.17) is 10.00 Å². The van der Waals surface area contributed by atoms with E-state index >= 15 is 0 Å². The predicted octanol–water partition coefficient (Wildman–Crippen LogP) is 4.77. The normalized spacial score (nSPS) is 10.2. The molecule has 0 bridgehead atoms. The highest BCUT2D eigenvalue weighted by Gasteiger charge is 2.06. The van der Waals surface area contributed by atoms with Crippen molar-refractivity contribution in [3.63, 3.8) is 0 Å². The van der Waals surface area contributed by atoms with Crippen LogP contribution < -0.4 is 4.74 Å². The van der Waals surface area contributed by atoms with Gasteiger partial charge in [-0.2, -0.15) is 17.9 Å². The van der Waals surface area contributed by atoms with Crippen LogP contribution in [0.2, 0.25) is 0 Å². The van der Waals surface area contributed by atoms with Gasteiger partial charge in [-0.15, -0.1) is 0 Å². The summed E-state index contributed by atoms with van der Waals surface area (Å²) < 4.78 is 10.5. The summed E-state index contributed by atoms with van der Waals surface area (Å²) in [7, 11) is 1.41. The number of ether oxygens (including phenoxy) is 2. The Bertz CT molecular complexity index is 766. The summed E-state index contributed by atoms with van der Waals surface area (Å²) >= 11 is 4.41. The van der Waals surface area contributed by atoms with Crippen LogP contribution in [0.1, 0.15) is 36.8 Å². The molecule has 0 saturated heterocycles. The number of benzene rings is 2. The van der Waals surface area contributed by atoms with Crippen molar-refractivity contribution in [2.45, 2.75) is 31.4 Å². The molecule has 0 radical (unpaired) electrons. The Kier molecular flexibility index (Phi) is 8.04. The molecule has 2 aromatic rings. The van der Waals surface area contributed by atoms with Gasteiger partial charge in [0, 0.05) is 17.7 Å². The number of methoxy groups -OCH3 is 1. The van der Waals surface area contributed by atoms with Crippen molar-refractivity contribution in [1.29, 1.82) is 5.26 Å². The lowest BCUT2D eigenvalue weighted by Crippen LogP contribution is -2.02. The lowest BCUT2D eigenvalue weighted by Gasteiger charge is -2.12. The van der Waals surface area contributed by atoms with E-state index in [1.54, 1.807) is 0 Å². The van der Waals surface area contributed by atoms with Crippen molar-refractivity contribution >= 4 is 18.6 Å². The number of hydrogen-bond acceptors (Lipinski definition) is 5. The molecule has 0 N–H and O–H groups in total. The number of nitrogens with zero attached hydrogens (tertiary/aromatic N) is 1. The molecule has 0 spiro atoms. The highest BCUT2D eigenvalue weighted by atomic mass is 32.1. The largest absolute Gasteiger partial charge is 0.493 e. The summed E-state index contributed by atoms with van der Waals surface area (Å²) in [5, 5.41) is 8.89. The maximum Gasteiger partial charge on any atom is 0.305 e. The summed E-state index contributed by atoms with van der Waals surface area (Å²) in [5.74, 6) is 1.26. The van der Waals surface area contributed by atoms with Crippen LogP contribution in [0, 0.1) is 11.3 Å². The molecule has 0 aliphatic heterocycles. The number of rotatable bonds is 9. The number of carbonyl (C=O) groups is 1. The lowest BCUT2D eigenvalue weighted by molar-refractivity contribution is -0.140. The molecule has 136 valence electrons. The van der Waals surface area contributed by atoms with Gasteiger partial charge in [0.05, 0.1) is 25.3 Å². The van der Waals surface area contributed by atoms with E-state index in [-0.39, 0.29) is 5.97 Å². The Hall–Kier alpha value is -2.45. The molecule has 0 aliphatic rings. The molecule has 0 fully saturated rings. The third kappa shape index (κ3) is 5.82. The van der Waals surface area contributed by atoms with E-state index in [1.165, 1.54) is 7.11 Å². The molecular formula is C21H23NO3S. The monoisotopic (exact) mass is 369 g/mol. The molecule has 0 aromatic heterocycles. The maximum atomic E-state index is 11.1. The smallest absolute Gasteiger partial charge is 0.305 e. The van der Waals surface area contributed by atoms with Crippen LogP contribution in [0.25, 0.3) is 11.1 Å². The molecule has 0 atom stereocenters. The zero-order valence-electron chi connectivity index (χ0n) is 14.9. The van der Waals surface area contributed by atoms with Crippen molar-refractivity contribution < 1.29 is 14.3 Å². The Morgan fingerprint density at radius 2 is 1.81 bits per heavy atom. The second kappa shape index (κ2) is 10.5. The van der Waals surface area contributed by atoms with Crippen molar-refractivity contribution in [2.75, 3.05) is 13.7 Å². The van der Waals surface area contributed by atoms with Crippen LogP contribution in [0.3, 0.4) is 0 Å². The number of hydrogen-bond donors (Lipinski definition) is 1. The zero-order valence-corrected chi connectivity index (χ0v) is 15.8. The predicted molar refractivity (Wildman–Crippen MR) is 105 cm³/mol. The maximum absolute atomic E-state index is 11.1. The first-order valence-corrected chi connectivity index (χ1v) is 9.25. The highest BCUT2D eigenvalue weighted by molar-refractivity contribution is 7.79. The average molecular weight is 369 g/mol. The van der Waals surface area contributed by atoms with Gasteiger partial charge < -0.3 is 9.47 Å². The van der Waals surface area contributed by atoms with Gasteiger partial charge in [0.25, 0.3) is 0 Å². The van der Waals surface area contributed by atoms with E-state index in [0.29, 0.717) is 24.3 Å².